The van der Waals surface area contributed by atoms with Gasteiger partial charge in [-0.25, -0.2) is 0 Å². The Kier molecular flexibility index (Phi) is 6.08. The molecular formula is C19H21BrO2. The normalized spacial score (nSPS) is 10.2. The van der Waals surface area contributed by atoms with Crippen LogP contribution in [0.3, 0.4) is 0 Å². The highest BCUT2D eigenvalue weighted by Gasteiger charge is 2.11. The molecule has 0 amide bonds. The van der Waals surface area contributed by atoms with Gasteiger partial charge in [-0.15, -0.1) is 0 Å². The molecular weight excluding hydrogens is 340 g/mol. The van der Waals surface area contributed by atoms with Crippen LogP contribution in [0, 0.1) is 0 Å². The van der Waals surface area contributed by atoms with E-state index in [2.05, 4.69) is 35.0 Å². The highest BCUT2D eigenvalue weighted by Crippen LogP contribution is 2.33. The predicted octanol–water partition coefficient (Wildman–Crippen LogP) is 6.36. The van der Waals surface area contributed by atoms with Gasteiger partial charge < -0.3 is 9.15 Å². The van der Waals surface area contributed by atoms with Crippen molar-refractivity contribution in [2.45, 2.75) is 33.8 Å². The summed E-state index contributed by atoms with van der Waals surface area (Å²) in [6.45, 7) is 6.65. The zero-order chi connectivity index (χ0) is 15.9. The zero-order valence-electron chi connectivity index (χ0n) is 13.2. The van der Waals surface area contributed by atoms with Gasteiger partial charge in [-0.3, -0.25) is 0 Å². The third-order valence-electron chi connectivity index (χ3n) is 3.23. The molecule has 0 aliphatic carbocycles. The van der Waals surface area contributed by atoms with Gasteiger partial charge in [0.05, 0.1) is 4.47 Å². The predicted molar refractivity (Wildman–Crippen MR) is 95.4 cm³/mol. The molecule has 1 aromatic heterocycles. The molecule has 0 fully saturated rings. The first kappa shape index (κ1) is 16.6. The van der Waals surface area contributed by atoms with Gasteiger partial charge in [-0.05, 0) is 39.7 Å². The Bertz CT molecular complexity index is 717. The minimum atomic E-state index is 0.572. The largest absolute Gasteiger partial charge is 0.489 e. The lowest BCUT2D eigenvalue weighted by molar-refractivity contribution is 0.306. The van der Waals surface area contributed by atoms with Crippen molar-refractivity contribution in [3.63, 3.8) is 0 Å². The second-order valence-electron chi connectivity index (χ2n) is 4.63. The van der Waals surface area contributed by atoms with Crippen molar-refractivity contribution in [2.75, 3.05) is 0 Å². The molecule has 0 atom stereocenters. The number of hydrogen-bond donors (Lipinski definition) is 0. The Morgan fingerprint density at radius 2 is 1.77 bits per heavy atom. The number of benzene rings is 2. The summed E-state index contributed by atoms with van der Waals surface area (Å²) >= 11 is 3.59. The van der Waals surface area contributed by atoms with E-state index in [9.17, 15) is 0 Å². The maximum atomic E-state index is 5.84. The van der Waals surface area contributed by atoms with Gasteiger partial charge in [0.25, 0.3) is 0 Å². The number of aryl methyl sites for hydroxylation is 1. The Morgan fingerprint density at radius 1 is 1.05 bits per heavy atom. The minimum Gasteiger partial charge on any atom is -0.489 e. The first-order valence-electron chi connectivity index (χ1n) is 7.65. The second kappa shape index (κ2) is 8.04. The van der Waals surface area contributed by atoms with Gasteiger partial charge in [0.15, 0.2) is 0 Å². The number of hydrogen-bond acceptors (Lipinski definition) is 2. The summed E-state index contributed by atoms with van der Waals surface area (Å²) in [7, 11) is 0. The molecule has 0 aliphatic rings. The minimum absolute atomic E-state index is 0.572. The fraction of sp³-hybridized carbons (Fsp3) is 0.263. The van der Waals surface area contributed by atoms with E-state index in [1.54, 1.807) is 0 Å². The third kappa shape index (κ3) is 3.72. The van der Waals surface area contributed by atoms with Gasteiger partial charge in [0.2, 0.25) is 0 Å². The highest BCUT2D eigenvalue weighted by atomic mass is 79.9. The smallest absolute Gasteiger partial charge is 0.135 e. The van der Waals surface area contributed by atoms with Crippen molar-refractivity contribution in [2.24, 2.45) is 0 Å². The molecule has 1 heterocycles. The molecule has 2 aromatic carbocycles. The van der Waals surface area contributed by atoms with E-state index in [1.165, 1.54) is 0 Å². The Labute approximate surface area is 140 Å². The van der Waals surface area contributed by atoms with E-state index >= 15 is 0 Å². The van der Waals surface area contributed by atoms with Gasteiger partial charge >= 0.3 is 0 Å². The molecule has 22 heavy (non-hydrogen) atoms. The average molecular weight is 361 g/mol. The van der Waals surface area contributed by atoms with E-state index in [-0.39, 0.29) is 0 Å². The monoisotopic (exact) mass is 360 g/mol. The van der Waals surface area contributed by atoms with Crippen LogP contribution in [-0.2, 0) is 13.0 Å². The van der Waals surface area contributed by atoms with Crippen molar-refractivity contribution < 1.29 is 9.15 Å². The van der Waals surface area contributed by atoms with Crippen LogP contribution in [0.5, 0.6) is 5.75 Å². The molecule has 3 heteroatoms. The fourth-order valence-electron chi connectivity index (χ4n) is 2.16. The molecule has 0 aliphatic heterocycles. The lowest BCUT2D eigenvalue weighted by atomic mass is 10.2. The first-order valence-corrected chi connectivity index (χ1v) is 8.45. The topological polar surface area (TPSA) is 22.4 Å². The second-order valence-corrected chi connectivity index (χ2v) is 5.42. The van der Waals surface area contributed by atoms with Crippen LogP contribution in [0.4, 0.5) is 0 Å². The van der Waals surface area contributed by atoms with Crippen LogP contribution in [0.15, 0.2) is 57.4 Å². The molecule has 0 N–H and O–H groups in total. The summed E-state index contributed by atoms with van der Waals surface area (Å²) in [6.07, 6.45) is 0.871. The SMILES string of the molecule is CC.CCc1oc2ccc(OCc3ccccc3)cc2c1Br. The van der Waals surface area contributed by atoms with E-state index in [0.29, 0.717) is 6.61 Å². The Hall–Kier alpha value is -1.74. The van der Waals surface area contributed by atoms with E-state index in [1.807, 2.05) is 50.2 Å². The van der Waals surface area contributed by atoms with Crippen molar-refractivity contribution in [3.05, 3.63) is 64.3 Å². The zero-order valence-corrected chi connectivity index (χ0v) is 14.8. The standard InChI is InChI=1S/C17H15BrO2.C2H6/c1-2-15-17(18)14-10-13(8-9-16(14)20-15)19-11-12-6-4-3-5-7-12;1-2/h3-10H,2,11H2,1H3;1-2H3. The van der Waals surface area contributed by atoms with Crippen LogP contribution in [0.25, 0.3) is 11.0 Å². The first-order chi connectivity index (χ1) is 10.8. The Morgan fingerprint density at radius 3 is 2.45 bits per heavy atom. The molecule has 116 valence electrons. The Balaban J connectivity index is 0.000000847. The molecule has 0 saturated carbocycles. The average Bonchev–Trinajstić information content (AvgIpc) is 2.91. The molecule has 0 radical (unpaired) electrons. The fourth-order valence-corrected chi connectivity index (χ4v) is 2.83. The van der Waals surface area contributed by atoms with Crippen molar-refractivity contribution in [3.8, 4) is 5.75 Å². The number of furan rings is 1. The van der Waals surface area contributed by atoms with Gasteiger partial charge in [0, 0.05) is 11.8 Å². The molecule has 3 rings (SSSR count). The summed E-state index contributed by atoms with van der Waals surface area (Å²) in [6, 6.07) is 16.1. The maximum absolute atomic E-state index is 5.84. The lowest BCUT2D eigenvalue weighted by Gasteiger charge is -2.06. The number of rotatable bonds is 4. The van der Waals surface area contributed by atoms with E-state index in [0.717, 1.165) is 38.9 Å². The van der Waals surface area contributed by atoms with Crippen LogP contribution in [-0.4, -0.2) is 0 Å². The third-order valence-corrected chi connectivity index (χ3v) is 4.10. The lowest BCUT2D eigenvalue weighted by Crippen LogP contribution is -1.94. The van der Waals surface area contributed by atoms with Gasteiger partial charge in [0.1, 0.15) is 23.7 Å². The molecule has 0 spiro atoms. The molecule has 2 nitrogen and oxygen atoms in total. The van der Waals surface area contributed by atoms with Crippen molar-refractivity contribution in [1.29, 1.82) is 0 Å². The summed E-state index contributed by atoms with van der Waals surface area (Å²) in [4.78, 5) is 0. The van der Waals surface area contributed by atoms with Gasteiger partial charge in [-0.2, -0.15) is 0 Å². The number of ether oxygens (including phenoxy) is 1. The summed E-state index contributed by atoms with van der Waals surface area (Å²) in [5.74, 6) is 1.82. The summed E-state index contributed by atoms with van der Waals surface area (Å²) in [5, 5.41) is 1.06. The van der Waals surface area contributed by atoms with Crippen molar-refractivity contribution >= 4 is 26.9 Å². The number of halogens is 1. The van der Waals surface area contributed by atoms with Crippen LogP contribution >= 0.6 is 15.9 Å². The molecule has 0 unspecified atom stereocenters. The number of fused-ring (bicyclic) bond motifs is 1. The molecule has 3 aromatic rings. The summed E-state index contributed by atoms with van der Waals surface area (Å²) < 4.78 is 12.6. The van der Waals surface area contributed by atoms with E-state index in [4.69, 9.17) is 9.15 Å². The molecule has 0 saturated heterocycles. The maximum Gasteiger partial charge on any atom is 0.135 e. The van der Waals surface area contributed by atoms with Crippen LogP contribution in [0.2, 0.25) is 0 Å². The highest BCUT2D eigenvalue weighted by molar-refractivity contribution is 9.10. The van der Waals surface area contributed by atoms with Crippen molar-refractivity contribution in [1.82, 2.24) is 0 Å². The molecule has 0 bridgehead atoms. The van der Waals surface area contributed by atoms with Crippen LogP contribution in [0.1, 0.15) is 32.1 Å². The van der Waals surface area contributed by atoms with Crippen LogP contribution < -0.4 is 4.74 Å². The quantitative estimate of drug-likeness (QED) is 0.539. The van der Waals surface area contributed by atoms with Gasteiger partial charge in [-0.1, -0.05) is 51.1 Å². The summed E-state index contributed by atoms with van der Waals surface area (Å²) in [5.41, 5.74) is 2.05. The van der Waals surface area contributed by atoms with E-state index < -0.39 is 0 Å².